The summed E-state index contributed by atoms with van der Waals surface area (Å²) in [6.07, 6.45) is 0.701. The zero-order valence-electron chi connectivity index (χ0n) is 11.3. The lowest BCUT2D eigenvalue weighted by atomic mass is 10.1. The highest BCUT2D eigenvalue weighted by atomic mass is 16.7. The highest BCUT2D eigenvalue weighted by Crippen LogP contribution is 2.34. The molecule has 0 aromatic heterocycles. The minimum absolute atomic E-state index is 0.0509. The van der Waals surface area contributed by atoms with Gasteiger partial charge in [0.1, 0.15) is 6.04 Å². The van der Waals surface area contributed by atoms with Crippen LogP contribution in [0.15, 0.2) is 42.5 Å². The van der Waals surface area contributed by atoms with Gasteiger partial charge in [-0.05, 0) is 23.8 Å². The number of rotatable bonds is 2. The average Bonchev–Trinajstić information content (AvgIpc) is 3.13. The number of fused-ring (bicyclic) bond motifs is 2. The van der Waals surface area contributed by atoms with E-state index in [0.29, 0.717) is 23.6 Å². The van der Waals surface area contributed by atoms with E-state index in [1.54, 1.807) is 12.1 Å². The molecule has 1 atom stereocenters. The Morgan fingerprint density at radius 3 is 2.90 bits per heavy atom. The largest absolute Gasteiger partial charge is 0.454 e. The van der Waals surface area contributed by atoms with Gasteiger partial charge in [0.05, 0.1) is 0 Å². The van der Waals surface area contributed by atoms with Crippen molar-refractivity contribution in [3.8, 4) is 11.5 Å². The van der Waals surface area contributed by atoms with Crippen LogP contribution in [0.2, 0.25) is 0 Å². The average molecular weight is 282 g/mol. The SMILES string of the molecule is O=C(Nc1ccc2c(c1)OCO2)[C@@H]1Cc2ccccc2N1. The van der Waals surface area contributed by atoms with Crippen molar-refractivity contribution >= 4 is 17.3 Å². The maximum Gasteiger partial charge on any atom is 0.247 e. The Morgan fingerprint density at radius 2 is 2.00 bits per heavy atom. The molecule has 0 aliphatic carbocycles. The predicted octanol–water partition coefficient (Wildman–Crippen LogP) is 2.39. The zero-order chi connectivity index (χ0) is 14.2. The number of benzene rings is 2. The second kappa shape index (κ2) is 4.70. The fourth-order valence-electron chi connectivity index (χ4n) is 2.66. The van der Waals surface area contributed by atoms with Crippen molar-refractivity contribution in [1.29, 1.82) is 0 Å². The topological polar surface area (TPSA) is 59.6 Å². The van der Waals surface area contributed by atoms with E-state index < -0.39 is 0 Å². The van der Waals surface area contributed by atoms with Gasteiger partial charge < -0.3 is 20.1 Å². The second-order valence-corrected chi connectivity index (χ2v) is 5.12. The Hall–Kier alpha value is -2.69. The van der Waals surface area contributed by atoms with E-state index in [1.165, 1.54) is 5.56 Å². The molecule has 0 bridgehead atoms. The van der Waals surface area contributed by atoms with Gasteiger partial charge in [-0.1, -0.05) is 18.2 Å². The predicted molar refractivity (Wildman–Crippen MR) is 78.8 cm³/mol. The molecule has 0 saturated carbocycles. The molecule has 0 unspecified atom stereocenters. The molecule has 2 heterocycles. The van der Waals surface area contributed by atoms with Crippen LogP contribution in [0.4, 0.5) is 11.4 Å². The number of hydrogen-bond acceptors (Lipinski definition) is 4. The molecule has 0 radical (unpaired) electrons. The first-order chi connectivity index (χ1) is 10.3. The van der Waals surface area contributed by atoms with Crippen LogP contribution in [-0.4, -0.2) is 18.7 Å². The van der Waals surface area contributed by atoms with E-state index in [9.17, 15) is 4.79 Å². The van der Waals surface area contributed by atoms with Gasteiger partial charge in [-0.2, -0.15) is 0 Å². The van der Waals surface area contributed by atoms with Gasteiger partial charge in [0.25, 0.3) is 0 Å². The molecule has 5 heteroatoms. The standard InChI is InChI=1S/C16H14N2O3/c19-16(13-7-10-3-1-2-4-12(10)18-13)17-11-5-6-14-15(8-11)21-9-20-14/h1-6,8,13,18H,7,9H2,(H,17,19)/t13-/m0/s1. The summed E-state index contributed by atoms with van der Waals surface area (Å²) in [7, 11) is 0. The number of nitrogens with one attached hydrogen (secondary N) is 2. The van der Waals surface area contributed by atoms with Crippen LogP contribution in [0.1, 0.15) is 5.56 Å². The lowest BCUT2D eigenvalue weighted by Crippen LogP contribution is -2.32. The van der Waals surface area contributed by atoms with Crippen molar-refractivity contribution in [1.82, 2.24) is 0 Å². The molecule has 2 aliphatic heterocycles. The summed E-state index contributed by atoms with van der Waals surface area (Å²) < 4.78 is 10.6. The van der Waals surface area contributed by atoms with Crippen molar-refractivity contribution in [3.05, 3.63) is 48.0 Å². The number of amides is 1. The number of hydrogen-bond donors (Lipinski definition) is 2. The maximum atomic E-state index is 12.3. The molecule has 1 amide bonds. The minimum atomic E-state index is -0.243. The first-order valence-corrected chi connectivity index (χ1v) is 6.84. The third kappa shape index (κ3) is 2.16. The minimum Gasteiger partial charge on any atom is -0.454 e. The van der Waals surface area contributed by atoms with Gasteiger partial charge in [-0.25, -0.2) is 0 Å². The Labute approximate surface area is 121 Å². The van der Waals surface area contributed by atoms with Gasteiger partial charge in [-0.3, -0.25) is 4.79 Å². The van der Waals surface area contributed by atoms with Crippen molar-refractivity contribution in [2.24, 2.45) is 0 Å². The van der Waals surface area contributed by atoms with Crippen LogP contribution in [0, 0.1) is 0 Å². The lowest BCUT2D eigenvalue weighted by Gasteiger charge is -2.12. The third-order valence-corrected chi connectivity index (χ3v) is 3.73. The van der Waals surface area contributed by atoms with Crippen LogP contribution in [0.3, 0.4) is 0 Å². The van der Waals surface area contributed by atoms with Gasteiger partial charge in [0.2, 0.25) is 12.7 Å². The van der Waals surface area contributed by atoms with Crippen LogP contribution in [0.5, 0.6) is 11.5 Å². The van der Waals surface area contributed by atoms with Crippen molar-refractivity contribution < 1.29 is 14.3 Å². The summed E-state index contributed by atoms with van der Waals surface area (Å²) in [6.45, 7) is 0.228. The Morgan fingerprint density at radius 1 is 1.14 bits per heavy atom. The Bertz CT molecular complexity index is 689. The summed E-state index contributed by atoms with van der Waals surface area (Å²) in [4.78, 5) is 12.3. The van der Waals surface area contributed by atoms with Crippen molar-refractivity contribution in [2.75, 3.05) is 17.4 Å². The summed E-state index contributed by atoms with van der Waals surface area (Å²) in [6, 6.07) is 13.1. The molecule has 0 spiro atoms. The number of anilines is 2. The Kier molecular flexibility index (Phi) is 2.70. The summed E-state index contributed by atoms with van der Waals surface area (Å²) in [5.41, 5.74) is 2.91. The van der Waals surface area contributed by atoms with Crippen molar-refractivity contribution in [3.63, 3.8) is 0 Å². The molecule has 21 heavy (non-hydrogen) atoms. The highest BCUT2D eigenvalue weighted by Gasteiger charge is 2.26. The molecular weight excluding hydrogens is 268 g/mol. The fraction of sp³-hybridized carbons (Fsp3) is 0.188. The van der Waals surface area contributed by atoms with Crippen LogP contribution < -0.4 is 20.1 Å². The molecule has 5 nitrogen and oxygen atoms in total. The third-order valence-electron chi connectivity index (χ3n) is 3.73. The number of ether oxygens (including phenoxy) is 2. The quantitative estimate of drug-likeness (QED) is 0.888. The van der Waals surface area contributed by atoms with Crippen LogP contribution >= 0.6 is 0 Å². The molecule has 2 aromatic rings. The molecule has 0 saturated heterocycles. The molecular formula is C16H14N2O3. The smallest absolute Gasteiger partial charge is 0.247 e. The summed E-state index contributed by atoms with van der Waals surface area (Å²) in [5.74, 6) is 1.32. The van der Waals surface area contributed by atoms with Gasteiger partial charge in [0.15, 0.2) is 11.5 Å². The van der Waals surface area contributed by atoms with Crippen LogP contribution in [-0.2, 0) is 11.2 Å². The number of carbonyl (C=O) groups is 1. The highest BCUT2D eigenvalue weighted by molar-refractivity contribution is 5.98. The normalized spacial score (nSPS) is 18.0. The first kappa shape index (κ1) is 12.1. The van der Waals surface area contributed by atoms with E-state index in [1.807, 2.05) is 30.3 Å². The fourth-order valence-corrected chi connectivity index (χ4v) is 2.66. The molecule has 106 valence electrons. The molecule has 2 N–H and O–H groups in total. The first-order valence-electron chi connectivity index (χ1n) is 6.84. The summed E-state index contributed by atoms with van der Waals surface area (Å²) in [5, 5.41) is 6.15. The molecule has 2 aliphatic rings. The lowest BCUT2D eigenvalue weighted by molar-refractivity contribution is -0.116. The summed E-state index contributed by atoms with van der Waals surface area (Å²) >= 11 is 0. The van der Waals surface area contributed by atoms with E-state index in [2.05, 4.69) is 10.6 Å². The van der Waals surface area contributed by atoms with E-state index >= 15 is 0 Å². The van der Waals surface area contributed by atoms with E-state index in [-0.39, 0.29) is 18.7 Å². The second-order valence-electron chi connectivity index (χ2n) is 5.12. The van der Waals surface area contributed by atoms with E-state index in [4.69, 9.17) is 9.47 Å². The van der Waals surface area contributed by atoms with Gasteiger partial charge in [0, 0.05) is 23.9 Å². The van der Waals surface area contributed by atoms with E-state index in [0.717, 1.165) is 5.69 Å². The van der Waals surface area contributed by atoms with Crippen LogP contribution in [0.25, 0.3) is 0 Å². The molecule has 0 fully saturated rings. The molecule has 2 aromatic carbocycles. The zero-order valence-corrected chi connectivity index (χ0v) is 11.3. The monoisotopic (exact) mass is 282 g/mol. The number of para-hydroxylation sites is 1. The molecule has 4 rings (SSSR count). The van der Waals surface area contributed by atoms with Crippen molar-refractivity contribution in [2.45, 2.75) is 12.5 Å². The maximum absolute atomic E-state index is 12.3. The number of carbonyl (C=O) groups excluding carboxylic acids is 1. The van der Waals surface area contributed by atoms with Gasteiger partial charge in [-0.15, -0.1) is 0 Å². The Balaban J connectivity index is 1.47. The van der Waals surface area contributed by atoms with Gasteiger partial charge >= 0.3 is 0 Å².